The number of hydrogen-bond donors (Lipinski definition) is 2. The van der Waals surface area contributed by atoms with Gasteiger partial charge in [-0.3, -0.25) is 4.79 Å². The summed E-state index contributed by atoms with van der Waals surface area (Å²) >= 11 is 0. The summed E-state index contributed by atoms with van der Waals surface area (Å²) in [7, 11) is -1.68. The van der Waals surface area contributed by atoms with Crippen LogP contribution in [0.2, 0.25) is 18.1 Å². The van der Waals surface area contributed by atoms with Gasteiger partial charge in [-0.05, 0) is 35.7 Å². The minimum Gasteiger partial charge on any atom is -0.481 e. The van der Waals surface area contributed by atoms with E-state index >= 15 is 0 Å². The molecule has 29 heavy (non-hydrogen) atoms. The zero-order chi connectivity index (χ0) is 21.5. The average Bonchev–Trinajstić information content (AvgIpc) is 3.06. The average molecular weight is 418 g/mol. The molecule has 0 unspecified atom stereocenters. The van der Waals surface area contributed by atoms with E-state index in [2.05, 4.69) is 48.7 Å². The molecule has 0 aliphatic rings. The maximum atomic E-state index is 10.7. The fourth-order valence-corrected chi connectivity index (χ4v) is 3.85. The first-order chi connectivity index (χ1) is 13.6. The number of aromatic nitrogens is 2. The number of hydrogen-bond acceptors (Lipinski definition) is 4. The van der Waals surface area contributed by atoms with Crippen molar-refractivity contribution in [2.75, 3.05) is 6.61 Å². The molecule has 0 amide bonds. The molecule has 0 radical (unpaired) electrons. The molecule has 160 valence electrons. The molecule has 2 aromatic rings. The molecule has 0 aliphatic carbocycles. The van der Waals surface area contributed by atoms with Crippen LogP contribution in [0.25, 0.3) is 0 Å². The molecular formula is C22H35N3O3Si. The SMILES string of the molecule is CC(C)(C)[Si](C)(C)OCCCn1ccnc1CNCc1ccc(CC(=O)O)cc1. The summed E-state index contributed by atoms with van der Waals surface area (Å²) in [6, 6.07) is 7.68. The Morgan fingerprint density at radius 3 is 2.45 bits per heavy atom. The number of carboxylic acid groups (broad SMARTS) is 1. The highest BCUT2D eigenvalue weighted by Crippen LogP contribution is 2.36. The van der Waals surface area contributed by atoms with Crippen molar-refractivity contribution in [1.82, 2.24) is 14.9 Å². The second-order valence-electron chi connectivity index (χ2n) is 8.99. The number of benzene rings is 1. The van der Waals surface area contributed by atoms with Gasteiger partial charge >= 0.3 is 5.97 Å². The lowest BCUT2D eigenvalue weighted by Gasteiger charge is -2.36. The Hall–Kier alpha value is -1.96. The Morgan fingerprint density at radius 2 is 1.83 bits per heavy atom. The van der Waals surface area contributed by atoms with Crippen LogP contribution in [0.3, 0.4) is 0 Å². The van der Waals surface area contributed by atoms with E-state index in [1.165, 1.54) is 0 Å². The number of imidazole rings is 1. The third-order valence-electron chi connectivity index (χ3n) is 5.60. The second kappa shape index (κ2) is 10.2. The van der Waals surface area contributed by atoms with Crippen molar-refractivity contribution >= 4 is 14.3 Å². The molecule has 0 aliphatic heterocycles. The first-order valence-corrected chi connectivity index (χ1v) is 13.1. The van der Waals surface area contributed by atoms with E-state index in [4.69, 9.17) is 9.53 Å². The maximum absolute atomic E-state index is 10.7. The van der Waals surface area contributed by atoms with Crippen molar-refractivity contribution in [3.63, 3.8) is 0 Å². The number of nitrogens with one attached hydrogen (secondary N) is 1. The van der Waals surface area contributed by atoms with Gasteiger partial charge in [0.2, 0.25) is 0 Å². The van der Waals surface area contributed by atoms with Crippen molar-refractivity contribution < 1.29 is 14.3 Å². The van der Waals surface area contributed by atoms with E-state index in [-0.39, 0.29) is 11.5 Å². The first-order valence-electron chi connectivity index (χ1n) is 10.2. The maximum Gasteiger partial charge on any atom is 0.307 e. The van der Waals surface area contributed by atoms with Gasteiger partial charge in [0, 0.05) is 32.1 Å². The first kappa shape index (κ1) is 23.3. The Morgan fingerprint density at radius 1 is 1.17 bits per heavy atom. The molecule has 2 N–H and O–H groups in total. The van der Waals surface area contributed by atoms with Gasteiger partial charge < -0.3 is 19.4 Å². The van der Waals surface area contributed by atoms with Crippen LogP contribution < -0.4 is 5.32 Å². The molecular weight excluding hydrogens is 382 g/mol. The van der Waals surface area contributed by atoms with Gasteiger partial charge in [0.15, 0.2) is 8.32 Å². The number of aryl methyl sites for hydroxylation is 1. The molecule has 2 rings (SSSR count). The van der Waals surface area contributed by atoms with Crippen LogP contribution in [0.5, 0.6) is 0 Å². The third kappa shape index (κ3) is 7.42. The van der Waals surface area contributed by atoms with E-state index in [0.29, 0.717) is 13.1 Å². The third-order valence-corrected chi connectivity index (χ3v) is 10.1. The molecule has 0 atom stereocenters. The zero-order valence-electron chi connectivity index (χ0n) is 18.4. The number of carboxylic acids is 1. The van der Waals surface area contributed by atoms with Crippen LogP contribution in [-0.2, 0) is 35.3 Å². The van der Waals surface area contributed by atoms with Crippen LogP contribution in [-0.4, -0.2) is 35.6 Å². The Kier molecular flexibility index (Phi) is 8.19. The molecule has 0 saturated heterocycles. The fourth-order valence-electron chi connectivity index (χ4n) is 2.76. The zero-order valence-corrected chi connectivity index (χ0v) is 19.4. The van der Waals surface area contributed by atoms with E-state index in [0.717, 1.165) is 36.5 Å². The van der Waals surface area contributed by atoms with Crippen LogP contribution in [0, 0.1) is 0 Å². The van der Waals surface area contributed by atoms with Gasteiger partial charge in [-0.2, -0.15) is 0 Å². The van der Waals surface area contributed by atoms with Crippen molar-refractivity contribution in [1.29, 1.82) is 0 Å². The van der Waals surface area contributed by atoms with Crippen molar-refractivity contribution in [3.8, 4) is 0 Å². The number of nitrogens with zero attached hydrogens (tertiary/aromatic N) is 2. The van der Waals surface area contributed by atoms with Crippen molar-refractivity contribution in [3.05, 3.63) is 53.6 Å². The normalized spacial score (nSPS) is 12.3. The highest BCUT2D eigenvalue weighted by Gasteiger charge is 2.36. The lowest BCUT2D eigenvalue weighted by Crippen LogP contribution is -2.41. The molecule has 1 heterocycles. The lowest BCUT2D eigenvalue weighted by atomic mass is 10.1. The summed E-state index contributed by atoms with van der Waals surface area (Å²) in [5.41, 5.74) is 1.94. The minimum atomic E-state index is -1.68. The molecule has 1 aromatic heterocycles. The van der Waals surface area contributed by atoms with Crippen LogP contribution in [0.15, 0.2) is 36.7 Å². The van der Waals surface area contributed by atoms with E-state index in [1.807, 2.05) is 36.7 Å². The van der Waals surface area contributed by atoms with E-state index < -0.39 is 14.3 Å². The predicted octanol–water partition coefficient (Wildman–Crippen LogP) is 4.21. The molecule has 0 bridgehead atoms. The van der Waals surface area contributed by atoms with Gasteiger partial charge in [-0.1, -0.05) is 45.0 Å². The number of rotatable bonds is 11. The van der Waals surface area contributed by atoms with Crippen molar-refractivity contribution in [2.24, 2.45) is 0 Å². The van der Waals surface area contributed by atoms with Gasteiger partial charge in [-0.15, -0.1) is 0 Å². The van der Waals surface area contributed by atoms with Gasteiger partial charge in [-0.25, -0.2) is 4.98 Å². The highest BCUT2D eigenvalue weighted by molar-refractivity contribution is 6.74. The van der Waals surface area contributed by atoms with Crippen LogP contribution in [0.4, 0.5) is 0 Å². The van der Waals surface area contributed by atoms with Gasteiger partial charge in [0.1, 0.15) is 5.82 Å². The smallest absolute Gasteiger partial charge is 0.307 e. The summed E-state index contributed by atoms with van der Waals surface area (Å²) < 4.78 is 8.44. The molecule has 0 saturated carbocycles. The topological polar surface area (TPSA) is 76.4 Å². The molecule has 0 spiro atoms. The van der Waals surface area contributed by atoms with Gasteiger partial charge in [0.25, 0.3) is 0 Å². The molecule has 7 heteroatoms. The summed E-state index contributed by atoms with van der Waals surface area (Å²) in [5.74, 6) is 0.206. The predicted molar refractivity (Wildman–Crippen MR) is 118 cm³/mol. The van der Waals surface area contributed by atoms with Crippen molar-refractivity contribution in [2.45, 2.75) is 71.4 Å². The highest BCUT2D eigenvalue weighted by atomic mass is 28.4. The summed E-state index contributed by atoms with van der Waals surface area (Å²) in [4.78, 5) is 15.2. The number of aliphatic carboxylic acids is 1. The summed E-state index contributed by atoms with van der Waals surface area (Å²) in [5, 5.41) is 12.5. The number of carbonyl (C=O) groups is 1. The monoisotopic (exact) mass is 417 g/mol. The quantitative estimate of drug-likeness (QED) is 0.423. The Bertz CT molecular complexity index is 779. The molecule has 1 aromatic carbocycles. The largest absolute Gasteiger partial charge is 0.481 e. The lowest BCUT2D eigenvalue weighted by molar-refractivity contribution is -0.136. The minimum absolute atomic E-state index is 0.0598. The van der Waals surface area contributed by atoms with Gasteiger partial charge in [0.05, 0.1) is 13.0 Å². The Balaban J connectivity index is 1.75. The van der Waals surface area contributed by atoms with E-state index in [9.17, 15) is 4.79 Å². The molecule has 0 fully saturated rings. The summed E-state index contributed by atoms with van der Waals surface area (Å²) in [6.07, 6.45) is 4.89. The van der Waals surface area contributed by atoms with E-state index in [1.54, 1.807) is 0 Å². The molecule has 6 nitrogen and oxygen atoms in total. The van der Waals surface area contributed by atoms with Crippen LogP contribution in [0.1, 0.15) is 44.1 Å². The second-order valence-corrected chi connectivity index (χ2v) is 13.8. The summed E-state index contributed by atoms with van der Waals surface area (Å²) in [6.45, 7) is 14.4. The Labute approximate surface area is 175 Å². The standard InChI is InChI=1S/C22H35N3O3Si/c1-22(2,3)29(4,5)28-14-6-12-25-13-11-24-20(25)17-23-16-19-9-7-18(8-10-19)15-21(26)27/h7-11,13,23H,6,12,14-17H2,1-5H3,(H,26,27). The van der Waals surface area contributed by atoms with Crippen LogP contribution >= 0.6 is 0 Å². The fraction of sp³-hybridized carbons (Fsp3) is 0.545.